The van der Waals surface area contributed by atoms with Crippen LogP contribution in [0.2, 0.25) is 0 Å². The van der Waals surface area contributed by atoms with Crippen LogP contribution in [0.1, 0.15) is 26.7 Å². The van der Waals surface area contributed by atoms with Gasteiger partial charge in [-0.3, -0.25) is 4.99 Å². The maximum absolute atomic E-state index is 13.6. The molecule has 0 heterocycles. The van der Waals surface area contributed by atoms with E-state index >= 15 is 0 Å². The lowest BCUT2D eigenvalue weighted by atomic mass is 10.2. The summed E-state index contributed by atoms with van der Waals surface area (Å²) >= 11 is 0. The fourth-order valence-electron chi connectivity index (χ4n) is 1.95. The van der Waals surface area contributed by atoms with Gasteiger partial charge >= 0.3 is 0 Å². The Bertz CT molecular complexity index is 469. The summed E-state index contributed by atoms with van der Waals surface area (Å²) in [6.07, 6.45) is 1.55. The van der Waals surface area contributed by atoms with Gasteiger partial charge in [-0.2, -0.15) is 0 Å². The molecule has 0 aromatic heterocycles. The van der Waals surface area contributed by atoms with E-state index in [4.69, 9.17) is 9.47 Å². The number of para-hydroxylation sites is 1. The zero-order valence-electron chi connectivity index (χ0n) is 14.3. The first-order valence-corrected chi connectivity index (χ1v) is 8.14. The van der Waals surface area contributed by atoms with E-state index < -0.39 is 0 Å². The molecule has 23 heavy (non-hydrogen) atoms. The monoisotopic (exact) mass is 325 g/mol. The Morgan fingerprint density at radius 1 is 1.26 bits per heavy atom. The highest BCUT2D eigenvalue weighted by Gasteiger charge is 2.11. The largest absolute Gasteiger partial charge is 0.486 e. The lowest BCUT2D eigenvalue weighted by Crippen LogP contribution is -2.42. The Morgan fingerprint density at radius 2 is 2.04 bits per heavy atom. The van der Waals surface area contributed by atoms with Gasteiger partial charge < -0.3 is 20.1 Å². The minimum atomic E-state index is -0.343. The van der Waals surface area contributed by atoms with Crippen molar-refractivity contribution in [2.24, 2.45) is 4.99 Å². The Labute approximate surface area is 138 Å². The van der Waals surface area contributed by atoms with Gasteiger partial charge in [-0.05, 0) is 31.9 Å². The highest BCUT2D eigenvalue weighted by Crippen LogP contribution is 2.17. The maximum atomic E-state index is 13.6. The predicted octanol–water partition coefficient (Wildman–Crippen LogP) is 2.57. The normalized spacial score (nSPS) is 12.8. The summed E-state index contributed by atoms with van der Waals surface area (Å²) < 4.78 is 24.6. The summed E-state index contributed by atoms with van der Waals surface area (Å²) in [7, 11) is 1.72. The van der Waals surface area contributed by atoms with Crippen LogP contribution in [0.15, 0.2) is 29.3 Å². The molecule has 5 nitrogen and oxygen atoms in total. The van der Waals surface area contributed by atoms with Crippen molar-refractivity contribution < 1.29 is 13.9 Å². The van der Waals surface area contributed by atoms with Gasteiger partial charge in [0.2, 0.25) is 0 Å². The fraction of sp³-hybridized carbons (Fsp3) is 0.588. The van der Waals surface area contributed by atoms with Crippen molar-refractivity contribution in [1.82, 2.24) is 10.6 Å². The van der Waals surface area contributed by atoms with Gasteiger partial charge in [-0.15, -0.1) is 0 Å². The third kappa shape index (κ3) is 7.83. The van der Waals surface area contributed by atoms with Crippen molar-refractivity contribution in [2.75, 3.05) is 33.4 Å². The SMILES string of the molecule is CCOCCCNC(=NC)NCC(CC)Oc1ccccc1F. The molecule has 1 rings (SSSR count). The molecule has 0 spiro atoms. The van der Waals surface area contributed by atoms with E-state index in [-0.39, 0.29) is 17.7 Å². The second-order valence-electron chi connectivity index (χ2n) is 5.01. The predicted molar refractivity (Wildman–Crippen MR) is 91.6 cm³/mol. The molecule has 1 unspecified atom stereocenters. The number of guanidine groups is 1. The molecule has 0 fully saturated rings. The summed E-state index contributed by atoms with van der Waals surface area (Å²) in [5.41, 5.74) is 0. The van der Waals surface area contributed by atoms with Gasteiger partial charge in [0.25, 0.3) is 0 Å². The molecule has 0 saturated carbocycles. The first-order valence-electron chi connectivity index (χ1n) is 8.14. The van der Waals surface area contributed by atoms with Crippen LogP contribution in [0.25, 0.3) is 0 Å². The van der Waals surface area contributed by atoms with Crippen LogP contribution in [-0.4, -0.2) is 45.4 Å². The molecule has 1 atom stereocenters. The molecule has 6 heteroatoms. The summed E-state index contributed by atoms with van der Waals surface area (Å²) in [5, 5.41) is 6.41. The van der Waals surface area contributed by atoms with Gasteiger partial charge in [-0.1, -0.05) is 19.1 Å². The summed E-state index contributed by atoms with van der Waals surface area (Å²) in [6.45, 7) is 6.79. The third-order valence-corrected chi connectivity index (χ3v) is 3.27. The second-order valence-corrected chi connectivity index (χ2v) is 5.01. The van der Waals surface area contributed by atoms with Crippen molar-refractivity contribution in [2.45, 2.75) is 32.8 Å². The van der Waals surface area contributed by atoms with Crippen LogP contribution in [0, 0.1) is 5.82 Å². The topological polar surface area (TPSA) is 54.9 Å². The Kier molecular flexibility index (Phi) is 9.79. The molecule has 1 aromatic rings. The molecule has 0 aliphatic heterocycles. The highest BCUT2D eigenvalue weighted by molar-refractivity contribution is 5.79. The highest BCUT2D eigenvalue weighted by atomic mass is 19.1. The number of nitrogens with zero attached hydrogens (tertiary/aromatic N) is 1. The van der Waals surface area contributed by atoms with Gasteiger partial charge in [0.1, 0.15) is 6.10 Å². The van der Waals surface area contributed by atoms with Crippen molar-refractivity contribution in [3.8, 4) is 5.75 Å². The van der Waals surface area contributed by atoms with Crippen LogP contribution >= 0.6 is 0 Å². The third-order valence-electron chi connectivity index (χ3n) is 3.27. The van der Waals surface area contributed by atoms with E-state index in [0.717, 1.165) is 32.6 Å². The number of ether oxygens (including phenoxy) is 2. The van der Waals surface area contributed by atoms with E-state index in [0.29, 0.717) is 12.5 Å². The molecule has 0 amide bonds. The van der Waals surface area contributed by atoms with E-state index in [1.54, 1.807) is 25.2 Å². The lowest BCUT2D eigenvalue weighted by molar-refractivity contribution is 0.145. The van der Waals surface area contributed by atoms with E-state index in [9.17, 15) is 4.39 Å². The van der Waals surface area contributed by atoms with Crippen LogP contribution in [0.4, 0.5) is 4.39 Å². The van der Waals surface area contributed by atoms with Crippen molar-refractivity contribution in [3.63, 3.8) is 0 Å². The molecule has 0 aliphatic rings. The molecule has 0 aliphatic carbocycles. The first kappa shape index (κ1) is 19.2. The zero-order chi connectivity index (χ0) is 16.9. The fourth-order valence-corrected chi connectivity index (χ4v) is 1.95. The minimum Gasteiger partial charge on any atom is -0.486 e. The van der Waals surface area contributed by atoms with Gasteiger partial charge in [-0.25, -0.2) is 4.39 Å². The average Bonchev–Trinajstić information content (AvgIpc) is 2.57. The van der Waals surface area contributed by atoms with Crippen LogP contribution in [-0.2, 0) is 4.74 Å². The number of rotatable bonds is 10. The average molecular weight is 325 g/mol. The van der Waals surface area contributed by atoms with E-state index in [1.165, 1.54) is 6.07 Å². The van der Waals surface area contributed by atoms with Crippen molar-refractivity contribution in [1.29, 1.82) is 0 Å². The van der Waals surface area contributed by atoms with Crippen LogP contribution < -0.4 is 15.4 Å². The molecular weight excluding hydrogens is 297 g/mol. The number of hydrogen-bond donors (Lipinski definition) is 2. The van der Waals surface area contributed by atoms with Gasteiger partial charge in [0.15, 0.2) is 17.5 Å². The minimum absolute atomic E-state index is 0.131. The quantitative estimate of drug-likeness (QED) is 0.394. The molecule has 0 saturated heterocycles. The number of aliphatic imine (C=N–C) groups is 1. The second kappa shape index (κ2) is 11.7. The number of nitrogens with one attached hydrogen (secondary N) is 2. The number of benzene rings is 1. The molecule has 2 N–H and O–H groups in total. The molecule has 130 valence electrons. The maximum Gasteiger partial charge on any atom is 0.191 e. The summed E-state index contributed by atoms with van der Waals surface area (Å²) in [5.74, 6) is 0.641. The molecule has 0 radical (unpaired) electrons. The van der Waals surface area contributed by atoms with Crippen LogP contribution in [0.3, 0.4) is 0 Å². The molecule has 1 aromatic carbocycles. The van der Waals surface area contributed by atoms with E-state index in [2.05, 4.69) is 15.6 Å². The Hall–Kier alpha value is -1.82. The number of halogens is 1. The molecule has 0 bridgehead atoms. The van der Waals surface area contributed by atoms with Crippen molar-refractivity contribution in [3.05, 3.63) is 30.1 Å². The van der Waals surface area contributed by atoms with E-state index in [1.807, 2.05) is 13.8 Å². The zero-order valence-corrected chi connectivity index (χ0v) is 14.3. The standard InChI is InChI=1S/C17H28FN3O2/c1-4-14(23-16-10-7-6-9-15(16)18)13-21-17(19-3)20-11-8-12-22-5-2/h6-7,9-10,14H,4-5,8,11-13H2,1-3H3,(H2,19,20,21). The molecular formula is C17H28FN3O2. The first-order chi connectivity index (χ1) is 11.2. The number of hydrogen-bond acceptors (Lipinski definition) is 3. The van der Waals surface area contributed by atoms with Crippen molar-refractivity contribution >= 4 is 5.96 Å². The Morgan fingerprint density at radius 3 is 2.70 bits per heavy atom. The Balaban J connectivity index is 2.35. The van der Waals surface area contributed by atoms with Crippen LogP contribution in [0.5, 0.6) is 5.75 Å². The summed E-state index contributed by atoms with van der Waals surface area (Å²) in [4.78, 5) is 4.16. The smallest absolute Gasteiger partial charge is 0.191 e. The lowest BCUT2D eigenvalue weighted by Gasteiger charge is -2.20. The van der Waals surface area contributed by atoms with Gasteiger partial charge in [0, 0.05) is 26.8 Å². The van der Waals surface area contributed by atoms with Gasteiger partial charge in [0.05, 0.1) is 6.54 Å². The summed E-state index contributed by atoms with van der Waals surface area (Å²) in [6, 6.07) is 6.44.